The van der Waals surface area contributed by atoms with Crippen LogP contribution in [0.15, 0.2) is 36.5 Å². The summed E-state index contributed by atoms with van der Waals surface area (Å²) in [5, 5.41) is 33.5. The Morgan fingerprint density at radius 1 is 0.357 bits per heavy atom. The molecule has 0 spiro atoms. The van der Waals surface area contributed by atoms with Gasteiger partial charge in [0.25, 0.3) is 0 Å². The Hall–Kier alpha value is -1.43. The number of hydrogen-bond donors (Lipinski definition) is 4. The van der Waals surface area contributed by atoms with Gasteiger partial charge in [-0.25, -0.2) is 0 Å². The van der Waals surface area contributed by atoms with E-state index in [2.05, 4.69) is 43.5 Å². The van der Waals surface area contributed by atoms with E-state index in [1.807, 2.05) is 6.08 Å². The number of aliphatic hydroxyl groups is 3. The molecule has 414 valence electrons. The first-order valence-corrected chi connectivity index (χ1v) is 31.8. The minimum atomic E-state index is -0.953. The van der Waals surface area contributed by atoms with Gasteiger partial charge in [0, 0.05) is 0 Å². The van der Waals surface area contributed by atoms with E-state index in [0.29, 0.717) is 6.42 Å². The molecule has 0 rings (SSSR count). The predicted octanol–water partition coefficient (Wildman–Crippen LogP) is 20.2. The van der Waals surface area contributed by atoms with E-state index in [4.69, 9.17) is 0 Å². The smallest absolute Gasteiger partial charge is 0.222 e. The number of unbranched alkanes of at least 4 members (excludes halogenated alkanes) is 46. The van der Waals surface area contributed by atoms with Crippen LogP contribution in [0.4, 0.5) is 0 Å². The number of rotatable bonds is 59. The minimum Gasteiger partial charge on any atom is -0.394 e. The standard InChI is InChI=1S/C65H125NO4/c1-3-5-7-9-11-13-15-17-19-21-23-25-27-29-30-31-32-33-35-36-38-40-42-44-46-48-50-52-54-56-58-62(68)60-65(70)66-63(61-67)64(69)59-57-55-53-51-49-47-45-43-41-39-37-34-28-26-24-22-20-18-16-14-12-10-8-6-4-2/h29-30,49,51,57,59,62-64,67-69H,3-28,31-48,50,52-56,58,60-61H2,1-2H3,(H,66,70)/b30-29-,51-49+,59-57+. The van der Waals surface area contributed by atoms with Crippen molar-refractivity contribution in [2.45, 2.75) is 366 Å². The molecule has 4 N–H and O–H groups in total. The molecule has 0 aromatic heterocycles. The minimum absolute atomic E-state index is 0.00808. The lowest BCUT2D eigenvalue weighted by Gasteiger charge is -2.21. The van der Waals surface area contributed by atoms with Gasteiger partial charge in [0.05, 0.1) is 31.3 Å². The van der Waals surface area contributed by atoms with E-state index < -0.39 is 18.2 Å². The molecular weight excluding hydrogens is 859 g/mol. The van der Waals surface area contributed by atoms with Crippen LogP contribution in [0.25, 0.3) is 0 Å². The van der Waals surface area contributed by atoms with Crippen LogP contribution >= 0.6 is 0 Å². The van der Waals surface area contributed by atoms with E-state index >= 15 is 0 Å². The Bertz CT molecular complexity index is 1090. The number of carbonyl (C=O) groups excluding carboxylic acids is 1. The highest BCUT2D eigenvalue weighted by Crippen LogP contribution is 2.18. The number of carbonyl (C=O) groups is 1. The summed E-state index contributed by atoms with van der Waals surface area (Å²) in [5.41, 5.74) is 0. The molecule has 5 nitrogen and oxygen atoms in total. The summed E-state index contributed by atoms with van der Waals surface area (Å²) >= 11 is 0. The molecule has 0 saturated heterocycles. The summed E-state index contributed by atoms with van der Waals surface area (Å²) in [6.45, 7) is 4.25. The quantitative estimate of drug-likeness (QED) is 0.0361. The highest BCUT2D eigenvalue weighted by molar-refractivity contribution is 5.76. The second-order valence-electron chi connectivity index (χ2n) is 22.0. The van der Waals surface area contributed by atoms with Crippen molar-refractivity contribution in [2.75, 3.05) is 6.61 Å². The normalized spacial score (nSPS) is 13.4. The molecule has 0 heterocycles. The number of allylic oxidation sites excluding steroid dienone is 5. The fraction of sp³-hybridized carbons (Fsp3) is 0.892. The van der Waals surface area contributed by atoms with Crippen LogP contribution in [0.5, 0.6) is 0 Å². The van der Waals surface area contributed by atoms with E-state index in [-0.39, 0.29) is 18.9 Å². The van der Waals surface area contributed by atoms with Gasteiger partial charge in [0.2, 0.25) is 5.91 Å². The van der Waals surface area contributed by atoms with Crippen LogP contribution in [0.3, 0.4) is 0 Å². The lowest BCUT2D eigenvalue weighted by atomic mass is 10.0. The Morgan fingerprint density at radius 3 is 0.914 bits per heavy atom. The first-order chi connectivity index (χ1) is 34.5. The maximum atomic E-state index is 12.6. The molecule has 0 aliphatic heterocycles. The van der Waals surface area contributed by atoms with Gasteiger partial charge in [-0.05, 0) is 57.8 Å². The number of hydrogen-bond acceptors (Lipinski definition) is 4. The van der Waals surface area contributed by atoms with Gasteiger partial charge < -0.3 is 20.6 Å². The van der Waals surface area contributed by atoms with Crippen molar-refractivity contribution >= 4 is 5.91 Å². The highest BCUT2D eigenvalue weighted by Gasteiger charge is 2.20. The Labute approximate surface area is 438 Å². The zero-order valence-electron chi connectivity index (χ0n) is 47.4. The summed E-state index contributed by atoms with van der Waals surface area (Å²) in [5.74, 6) is -0.320. The van der Waals surface area contributed by atoms with Crippen LogP contribution in [-0.2, 0) is 4.79 Å². The van der Waals surface area contributed by atoms with E-state index in [1.165, 1.54) is 289 Å². The van der Waals surface area contributed by atoms with Crippen molar-refractivity contribution in [1.29, 1.82) is 0 Å². The average Bonchev–Trinajstić information content (AvgIpc) is 3.36. The monoisotopic (exact) mass is 984 g/mol. The van der Waals surface area contributed by atoms with Crippen molar-refractivity contribution in [1.82, 2.24) is 5.32 Å². The summed E-state index contributed by atoms with van der Waals surface area (Å²) in [4.78, 5) is 12.6. The van der Waals surface area contributed by atoms with Gasteiger partial charge in [-0.3, -0.25) is 4.79 Å². The van der Waals surface area contributed by atoms with Gasteiger partial charge >= 0.3 is 0 Å². The Balaban J connectivity index is 3.55. The molecule has 1 amide bonds. The van der Waals surface area contributed by atoms with Crippen molar-refractivity contribution in [3.63, 3.8) is 0 Å². The average molecular weight is 985 g/mol. The second-order valence-corrected chi connectivity index (χ2v) is 22.0. The number of nitrogens with one attached hydrogen (secondary N) is 1. The zero-order chi connectivity index (χ0) is 50.7. The van der Waals surface area contributed by atoms with Gasteiger partial charge in [-0.1, -0.05) is 320 Å². The maximum absolute atomic E-state index is 12.6. The Kier molecular flexibility index (Phi) is 58.9. The molecular formula is C65H125NO4. The van der Waals surface area contributed by atoms with Crippen molar-refractivity contribution in [3.05, 3.63) is 36.5 Å². The van der Waals surface area contributed by atoms with Crippen LogP contribution in [-0.4, -0.2) is 46.1 Å². The summed E-state index contributed by atoms with van der Waals surface area (Å²) in [6, 6.07) is -0.762. The topological polar surface area (TPSA) is 89.8 Å². The van der Waals surface area contributed by atoms with Gasteiger partial charge in [0.1, 0.15) is 0 Å². The van der Waals surface area contributed by atoms with Crippen LogP contribution < -0.4 is 5.32 Å². The molecule has 0 saturated carbocycles. The summed E-state index contributed by atoms with van der Waals surface area (Å²) in [6.07, 6.45) is 79.4. The van der Waals surface area contributed by atoms with Gasteiger partial charge in [-0.2, -0.15) is 0 Å². The molecule has 0 bridgehead atoms. The van der Waals surface area contributed by atoms with Gasteiger partial charge in [0.15, 0.2) is 0 Å². The molecule has 0 aliphatic carbocycles. The van der Waals surface area contributed by atoms with Crippen LogP contribution in [0.1, 0.15) is 348 Å². The van der Waals surface area contributed by atoms with Crippen LogP contribution in [0.2, 0.25) is 0 Å². The lowest BCUT2D eigenvalue weighted by molar-refractivity contribution is -0.124. The first-order valence-electron chi connectivity index (χ1n) is 31.8. The van der Waals surface area contributed by atoms with Crippen LogP contribution in [0, 0.1) is 0 Å². The third-order valence-corrected chi connectivity index (χ3v) is 14.9. The molecule has 70 heavy (non-hydrogen) atoms. The first kappa shape index (κ1) is 68.6. The second kappa shape index (κ2) is 60.1. The molecule has 0 radical (unpaired) electrons. The van der Waals surface area contributed by atoms with E-state index in [1.54, 1.807) is 6.08 Å². The fourth-order valence-electron chi connectivity index (χ4n) is 10.1. The molecule has 0 aromatic rings. The maximum Gasteiger partial charge on any atom is 0.222 e. The SMILES string of the molecule is CCCCCCCCCCCCCC/C=C\CCCCCCCCCCCCCCCCC(O)CC(=O)NC(CO)C(O)/C=C/CC/C=C/CCCCCCCCCCCCCCCCCCCCC. The Morgan fingerprint density at radius 2 is 0.614 bits per heavy atom. The zero-order valence-corrected chi connectivity index (χ0v) is 47.4. The third kappa shape index (κ3) is 55.9. The number of aliphatic hydroxyl groups excluding tert-OH is 3. The molecule has 3 atom stereocenters. The van der Waals surface area contributed by atoms with E-state index in [0.717, 1.165) is 32.1 Å². The highest BCUT2D eigenvalue weighted by atomic mass is 16.3. The number of amides is 1. The summed E-state index contributed by atoms with van der Waals surface area (Å²) in [7, 11) is 0. The van der Waals surface area contributed by atoms with E-state index in [9.17, 15) is 20.1 Å². The third-order valence-electron chi connectivity index (χ3n) is 14.9. The molecule has 0 aromatic carbocycles. The fourth-order valence-corrected chi connectivity index (χ4v) is 10.1. The molecule has 0 fully saturated rings. The largest absolute Gasteiger partial charge is 0.394 e. The van der Waals surface area contributed by atoms with Crippen molar-refractivity contribution < 1.29 is 20.1 Å². The molecule has 5 heteroatoms. The predicted molar refractivity (Wildman–Crippen MR) is 310 cm³/mol. The molecule has 3 unspecified atom stereocenters. The van der Waals surface area contributed by atoms with Gasteiger partial charge in [-0.15, -0.1) is 0 Å². The van der Waals surface area contributed by atoms with Crippen molar-refractivity contribution in [2.24, 2.45) is 0 Å². The molecule has 0 aliphatic rings. The lowest BCUT2D eigenvalue weighted by Crippen LogP contribution is -2.45. The van der Waals surface area contributed by atoms with Crippen molar-refractivity contribution in [3.8, 4) is 0 Å². The summed E-state index contributed by atoms with van der Waals surface area (Å²) < 4.78 is 0.